The molecule has 0 radical (unpaired) electrons. The third-order valence-electron chi connectivity index (χ3n) is 1.92. The Balaban J connectivity index is 2.83. The standard InChI is InChI=1S/C9H19N5/c1-7-6-10-8(13(2)3)12-9(11-7)14(4)5/h7H,6H2,1-5H3,(H,10,11,12). The molecule has 0 saturated carbocycles. The van der Waals surface area contributed by atoms with Crippen molar-refractivity contribution in [3.05, 3.63) is 0 Å². The Kier molecular flexibility index (Phi) is 3.33. The number of guanidine groups is 2. The molecule has 1 aliphatic heterocycles. The summed E-state index contributed by atoms with van der Waals surface area (Å²) < 4.78 is 0. The Hall–Kier alpha value is -1.26. The van der Waals surface area contributed by atoms with Crippen LogP contribution < -0.4 is 5.32 Å². The lowest BCUT2D eigenvalue weighted by molar-refractivity contribution is 0.572. The van der Waals surface area contributed by atoms with Crippen LogP contribution in [0.25, 0.3) is 0 Å². The van der Waals surface area contributed by atoms with Gasteiger partial charge in [0.2, 0.25) is 5.96 Å². The van der Waals surface area contributed by atoms with Crippen LogP contribution in [0.5, 0.6) is 0 Å². The summed E-state index contributed by atoms with van der Waals surface area (Å²) in [5, 5.41) is 3.20. The molecule has 0 fully saturated rings. The number of nitrogens with one attached hydrogen (secondary N) is 1. The van der Waals surface area contributed by atoms with Gasteiger partial charge in [0.1, 0.15) is 0 Å². The van der Waals surface area contributed by atoms with Gasteiger partial charge in [0.05, 0.1) is 12.6 Å². The minimum atomic E-state index is 0.234. The van der Waals surface area contributed by atoms with Crippen molar-refractivity contribution in [2.45, 2.75) is 13.0 Å². The lowest BCUT2D eigenvalue weighted by Gasteiger charge is -2.20. The molecule has 0 saturated heterocycles. The van der Waals surface area contributed by atoms with Gasteiger partial charge in [-0.05, 0) is 6.92 Å². The molecule has 1 aliphatic rings. The van der Waals surface area contributed by atoms with Gasteiger partial charge in [-0.15, -0.1) is 0 Å². The van der Waals surface area contributed by atoms with Crippen LogP contribution in [0.3, 0.4) is 0 Å². The molecule has 5 nitrogen and oxygen atoms in total. The summed E-state index contributed by atoms with van der Waals surface area (Å²) in [4.78, 5) is 12.8. The molecular formula is C9H19N5. The number of aliphatic imine (C=N–C) groups is 2. The summed E-state index contributed by atoms with van der Waals surface area (Å²) in [6.45, 7) is 2.80. The van der Waals surface area contributed by atoms with E-state index in [1.807, 2.05) is 38.0 Å². The predicted octanol–water partition coefficient (Wildman–Crippen LogP) is -0.187. The molecule has 0 aromatic carbocycles. The topological polar surface area (TPSA) is 43.2 Å². The first kappa shape index (κ1) is 10.8. The summed E-state index contributed by atoms with van der Waals surface area (Å²) in [5.41, 5.74) is 0. The maximum atomic E-state index is 4.50. The summed E-state index contributed by atoms with van der Waals surface area (Å²) >= 11 is 0. The number of rotatable bonds is 0. The number of nitrogens with zero attached hydrogens (tertiary/aromatic N) is 4. The molecule has 0 aromatic heterocycles. The molecule has 14 heavy (non-hydrogen) atoms. The van der Waals surface area contributed by atoms with Gasteiger partial charge in [-0.3, -0.25) is 10.3 Å². The van der Waals surface area contributed by atoms with Gasteiger partial charge < -0.3 is 9.80 Å². The van der Waals surface area contributed by atoms with Crippen molar-refractivity contribution >= 4 is 11.9 Å². The monoisotopic (exact) mass is 197 g/mol. The third-order valence-corrected chi connectivity index (χ3v) is 1.92. The van der Waals surface area contributed by atoms with Crippen LogP contribution in [0.15, 0.2) is 9.98 Å². The Labute approximate surface area is 85.5 Å². The molecular weight excluding hydrogens is 178 g/mol. The zero-order valence-corrected chi connectivity index (χ0v) is 9.57. The highest BCUT2D eigenvalue weighted by molar-refractivity contribution is 5.98. The molecule has 1 unspecified atom stereocenters. The van der Waals surface area contributed by atoms with Gasteiger partial charge in [0.25, 0.3) is 0 Å². The average Bonchev–Trinajstić information content (AvgIpc) is 2.26. The second kappa shape index (κ2) is 4.30. The van der Waals surface area contributed by atoms with Crippen molar-refractivity contribution in [2.24, 2.45) is 9.98 Å². The fourth-order valence-corrected chi connectivity index (χ4v) is 1.12. The van der Waals surface area contributed by atoms with Gasteiger partial charge >= 0.3 is 0 Å². The van der Waals surface area contributed by atoms with Gasteiger partial charge in [0, 0.05) is 28.2 Å². The second-order valence-corrected chi connectivity index (χ2v) is 3.88. The molecule has 1 rings (SSSR count). The molecule has 1 N–H and O–H groups in total. The number of hydrogen-bond donors (Lipinski definition) is 1. The molecule has 0 spiro atoms. The maximum Gasteiger partial charge on any atom is 0.200 e. The van der Waals surface area contributed by atoms with E-state index in [0.29, 0.717) is 0 Å². The van der Waals surface area contributed by atoms with Gasteiger partial charge in [-0.2, -0.15) is 0 Å². The van der Waals surface area contributed by atoms with Crippen LogP contribution in [0.2, 0.25) is 0 Å². The minimum Gasteiger partial charge on any atom is -0.349 e. The van der Waals surface area contributed by atoms with Crippen LogP contribution >= 0.6 is 0 Å². The lowest BCUT2D eigenvalue weighted by atomic mass is 10.4. The normalized spacial score (nSPS) is 21.6. The van der Waals surface area contributed by atoms with Gasteiger partial charge in [-0.1, -0.05) is 0 Å². The van der Waals surface area contributed by atoms with Crippen LogP contribution in [-0.4, -0.2) is 62.5 Å². The van der Waals surface area contributed by atoms with E-state index in [1.165, 1.54) is 0 Å². The SMILES string of the molecule is CC1CN=C(N(C)C)NC(N(C)C)=N1. The smallest absolute Gasteiger partial charge is 0.200 e. The van der Waals surface area contributed by atoms with Crippen LogP contribution in [-0.2, 0) is 0 Å². The Morgan fingerprint density at radius 2 is 1.71 bits per heavy atom. The Bertz CT molecular complexity index is 254. The van der Waals surface area contributed by atoms with Crippen LogP contribution in [0, 0.1) is 0 Å². The molecule has 1 atom stereocenters. The molecule has 80 valence electrons. The van der Waals surface area contributed by atoms with E-state index in [-0.39, 0.29) is 6.04 Å². The highest BCUT2D eigenvalue weighted by atomic mass is 15.4. The number of hydrogen-bond acceptors (Lipinski definition) is 5. The van der Waals surface area contributed by atoms with E-state index in [1.54, 1.807) is 0 Å². The summed E-state index contributed by atoms with van der Waals surface area (Å²) in [5.74, 6) is 1.73. The Morgan fingerprint density at radius 3 is 2.21 bits per heavy atom. The third kappa shape index (κ3) is 2.61. The molecule has 0 bridgehead atoms. The maximum absolute atomic E-state index is 4.50. The van der Waals surface area contributed by atoms with Crippen molar-refractivity contribution in [1.82, 2.24) is 15.1 Å². The van der Waals surface area contributed by atoms with Crippen LogP contribution in [0.4, 0.5) is 0 Å². The van der Waals surface area contributed by atoms with E-state index in [2.05, 4.69) is 22.2 Å². The van der Waals surface area contributed by atoms with E-state index in [4.69, 9.17) is 0 Å². The van der Waals surface area contributed by atoms with Gasteiger partial charge in [-0.25, -0.2) is 4.99 Å². The lowest BCUT2D eigenvalue weighted by Crippen LogP contribution is -2.45. The van der Waals surface area contributed by atoms with Crippen molar-refractivity contribution in [2.75, 3.05) is 34.7 Å². The molecule has 0 aliphatic carbocycles. The molecule has 0 aromatic rings. The molecule has 1 heterocycles. The summed E-state index contributed by atoms with van der Waals surface area (Å²) in [6.07, 6.45) is 0. The zero-order chi connectivity index (χ0) is 10.7. The molecule has 0 amide bonds. The fourth-order valence-electron chi connectivity index (χ4n) is 1.12. The first-order valence-corrected chi connectivity index (χ1v) is 4.74. The Morgan fingerprint density at radius 1 is 1.14 bits per heavy atom. The quantitative estimate of drug-likeness (QED) is 0.585. The van der Waals surface area contributed by atoms with Crippen molar-refractivity contribution in [3.8, 4) is 0 Å². The fraction of sp³-hybridized carbons (Fsp3) is 0.778. The van der Waals surface area contributed by atoms with E-state index in [9.17, 15) is 0 Å². The first-order chi connectivity index (χ1) is 6.50. The van der Waals surface area contributed by atoms with Crippen molar-refractivity contribution in [3.63, 3.8) is 0 Å². The van der Waals surface area contributed by atoms with E-state index in [0.717, 1.165) is 18.5 Å². The second-order valence-electron chi connectivity index (χ2n) is 3.88. The highest BCUT2D eigenvalue weighted by Crippen LogP contribution is 1.98. The summed E-state index contributed by atoms with van der Waals surface area (Å²) in [7, 11) is 7.87. The van der Waals surface area contributed by atoms with Crippen molar-refractivity contribution in [1.29, 1.82) is 0 Å². The summed E-state index contributed by atoms with van der Waals surface area (Å²) in [6, 6.07) is 0.234. The minimum absolute atomic E-state index is 0.234. The zero-order valence-electron chi connectivity index (χ0n) is 9.57. The molecule has 5 heteroatoms. The van der Waals surface area contributed by atoms with Crippen molar-refractivity contribution < 1.29 is 0 Å². The first-order valence-electron chi connectivity index (χ1n) is 4.74. The largest absolute Gasteiger partial charge is 0.349 e. The van der Waals surface area contributed by atoms with E-state index >= 15 is 0 Å². The van der Waals surface area contributed by atoms with E-state index < -0.39 is 0 Å². The average molecular weight is 197 g/mol. The predicted molar refractivity (Wildman–Crippen MR) is 59.7 cm³/mol. The highest BCUT2D eigenvalue weighted by Gasteiger charge is 2.13. The van der Waals surface area contributed by atoms with Gasteiger partial charge in [0.15, 0.2) is 5.96 Å². The van der Waals surface area contributed by atoms with Crippen LogP contribution in [0.1, 0.15) is 6.92 Å².